The maximum Gasteiger partial charge on any atom is 0.237 e. The van der Waals surface area contributed by atoms with E-state index in [1.165, 1.54) is 29.2 Å². The number of hydrogen-bond acceptors (Lipinski definition) is 4. The SMILES string of the molecule is CC(C)NC(=O)[C@@H]1C[C@@H](NC2CCN(C)CC2)CN1Cc1cccc2ccccc12. The van der Waals surface area contributed by atoms with Crippen LogP contribution < -0.4 is 10.6 Å². The van der Waals surface area contributed by atoms with Crippen LogP contribution in [0.15, 0.2) is 42.5 Å². The van der Waals surface area contributed by atoms with E-state index in [0.29, 0.717) is 12.1 Å². The molecule has 2 fully saturated rings. The molecule has 2 aromatic carbocycles. The molecule has 4 rings (SSSR count). The van der Waals surface area contributed by atoms with Gasteiger partial charge in [0.15, 0.2) is 0 Å². The van der Waals surface area contributed by atoms with Gasteiger partial charge in [-0.2, -0.15) is 0 Å². The smallest absolute Gasteiger partial charge is 0.237 e. The van der Waals surface area contributed by atoms with Crippen LogP contribution in [-0.2, 0) is 11.3 Å². The Morgan fingerprint density at radius 1 is 1.07 bits per heavy atom. The molecule has 0 aliphatic carbocycles. The van der Waals surface area contributed by atoms with E-state index in [2.05, 4.69) is 69.9 Å². The van der Waals surface area contributed by atoms with Gasteiger partial charge in [0.05, 0.1) is 6.04 Å². The first-order valence-corrected chi connectivity index (χ1v) is 11.5. The fourth-order valence-corrected chi connectivity index (χ4v) is 5.01. The van der Waals surface area contributed by atoms with Crippen molar-refractivity contribution in [1.29, 1.82) is 0 Å². The highest BCUT2D eigenvalue weighted by Gasteiger charge is 2.38. The van der Waals surface area contributed by atoms with Crippen molar-refractivity contribution in [1.82, 2.24) is 20.4 Å². The lowest BCUT2D eigenvalue weighted by Gasteiger charge is -2.31. The van der Waals surface area contributed by atoms with Crippen LogP contribution in [-0.4, -0.2) is 66.6 Å². The Morgan fingerprint density at radius 3 is 2.57 bits per heavy atom. The summed E-state index contributed by atoms with van der Waals surface area (Å²) in [5, 5.41) is 9.58. The summed E-state index contributed by atoms with van der Waals surface area (Å²) in [5.41, 5.74) is 1.30. The van der Waals surface area contributed by atoms with Crippen LogP contribution in [0.1, 0.15) is 38.7 Å². The number of carbonyl (C=O) groups excluding carboxylic acids is 1. The first-order chi connectivity index (χ1) is 14.5. The second kappa shape index (κ2) is 9.46. The topological polar surface area (TPSA) is 47.6 Å². The highest BCUT2D eigenvalue weighted by atomic mass is 16.2. The third-order valence-corrected chi connectivity index (χ3v) is 6.58. The van der Waals surface area contributed by atoms with Crippen molar-refractivity contribution in [3.05, 3.63) is 48.0 Å². The number of fused-ring (bicyclic) bond motifs is 1. The van der Waals surface area contributed by atoms with E-state index in [0.717, 1.165) is 32.6 Å². The first kappa shape index (κ1) is 21.3. The number of piperidine rings is 1. The Labute approximate surface area is 180 Å². The van der Waals surface area contributed by atoms with Gasteiger partial charge < -0.3 is 15.5 Å². The lowest BCUT2D eigenvalue weighted by molar-refractivity contribution is -0.126. The van der Waals surface area contributed by atoms with Crippen LogP contribution >= 0.6 is 0 Å². The summed E-state index contributed by atoms with van der Waals surface area (Å²) in [6.45, 7) is 8.11. The minimum Gasteiger partial charge on any atom is -0.353 e. The number of nitrogens with zero attached hydrogens (tertiary/aromatic N) is 2. The predicted octanol–water partition coefficient (Wildman–Crippen LogP) is 2.99. The Hall–Kier alpha value is -1.95. The van der Waals surface area contributed by atoms with Crippen LogP contribution in [0.4, 0.5) is 0 Å². The van der Waals surface area contributed by atoms with E-state index < -0.39 is 0 Å². The van der Waals surface area contributed by atoms with E-state index in [1.807, 2.05) is 13.8 Å². The van der Waals surface area contributed by atoms with Crippen LogP contribution in [0.25, 0.3) is 10.8 Å². The number of amides is 1. The molecule has 162 valence electrons. The standard InChI is InChI=1S/C25H36N4O/c1-18(2)26-25(30)24-15-22(27-21-11-13-28(3)14-12-21)17-29(24)16-20-9-6-8-19-7-4-5-10-23(19)20/h4-10,18,21-22,24,27H,11-17H2,1-3H3,(H,26,30)/t22-,24+/m1/s1. The Bertz CT molecular complexity index is 854. The zero-order valence-corrected chi connectivity index (χ0v) is 18.6. The van der Waals surface area contributed by atoms with Crippen molar-refractivity contribution in [2.45, 2.75) is 63.8 Å². The highest BCUT2D eigenvalue weighted by Crippen LogP contribution is 2.26. The van der Waals surface area contributed by atoms with E-state index in [9.17, 15) is 4.79 Å². The summed E-state index contributed by atoms with van der Waals surface area (Å²) in [7, 11) is 2.20. The lowest BCUT2D eigenvalue weighted by Crippen LogP contribution is -2.46. The predicted molar refractivity (Wildman–Crippen MR) is 123 cm³/mol. The molecular formula is C25H36N4O. The van der Waals surface area contributed by atoms with Crippen molar-refractivity contribution in [3.8, 4) is 0 Å². The van der Waals surface area contributed by atoms with Crippen molar-refractivity contribution >= 4 is 16.7 Å². The molecule has 0 bridgehead atoms. The van der Waals surface area contributed by atoms with Crippen molar-refractivity contribution in [2.24, 2.45) is 0 Å². The van der Waals surface area contributed by atoms with E-state index in [1.54, 1.807) is 0 Å². The number of nitrogens with one attached hydrogen (secondary N) is 2. The summed E-state index contributed by atoms with van der Waals surface area (Å²) in [6, 6.07) is 16.1. The number of rotatable bonds is 6. The minimum atomic E-state index is -0.0740. The Balaban J connectivity index is 1.50. The molecule has 0 aromatic heterocycles. The second-order valence-corrected chi connectivity index (χ2v) is 9.42. The van der Waals surface area contributed by atoms with Gasteiger partial charge in [0.25, 0.3) is 0 Å². The molecule has 2 N–H and O–H groups in total. The van der Waals surface area contributed by atoms with Gasteiger partial charge in [0.2, 0.25) is 5.91 Å². The average Bonchev–Trinajstić information content (AvgIpc) is 3.12. The maximum absolute atomic E-state index is 13.0. The molecule has 1 amide bonds. The number of carbonyl (C=O) groups is 1. The molecule has 2 aliphatic heterocycles. The Morgan fingerprint density at radius 2 is 1.80 bits per heavy atom. The van der Waals surface area contributed by atoms with Gasteiger partial charge in [-0.15, -0.1) is 0 Å². The molecule has 0 saturated carbocycles. The van der Waals surface area contributed by atoms with Crippen molar-refractivity contribution < 1.29 is 4.79 Å². The zero-order valence-electron chi connectivity index (χ0n) is 18.6. The quantitative estimate of drug-likeness (QED) is 0.772. The molecular weight excluding hydrogens is 372 g/mol. The minimum absolute atomic E-state index is 0.0740. The molecule has 2 aromatic rings. The van der Waals surface area contributed by atoms with Gasteiger partial charge in [-0.05, 0) is 69.6 Å². The third-order valence-electron chi connectivity index (χ3n) is 6.58. The summed E-state index contributed by atoms with van der Waals surface area (Å²) in [4.78, 5) is 17.8. The zero-order chi connectivity index (χ0) is 21.1. The van der Waals surface area contributed by atoms with E-state index >= 15 is 0 Å². The summed E-state index contributed by atoms with van der Waals surface area (Å²) in [5.74, 6) is 0.165. The van der Waals surface area contributed by atoms with Crippen LogP contribution in [0, 0.1) is 0 Å². The molecule has 5 heteroatoms. The van der Waals surface area contributed by atoms with Gasteiger partial charge in [-0.3, -0.25) is 9.69 Å². The van der Waals surface area contributed by atoms with Gasteiger partial charge in [0, 0.05) is 31.2 Å². The molecule has 5 nitrogen and oxygen atoms in total. The second-order valence-electron chi connectivity index (χ2n) is 9.42. The molecule has 2 heterocycles. The summed E-state index contributed by atoms with van der Waals surface area (Å²) < 4.78 is 0. The molecule has 0 spiro atoms. The fourth-order valence-electron chi connectivity index (χ4n) is 5.01. The van der Waals surface area contributed by atoms with Crippen molar-refractivity contribution in [3.63, 3.8) is 0 Å². The van der Waals surface area contributed by atoms with Crippen LogP contribution in [0.5, 0.6) is 0 Å². The van der Waals surface area contributed by atoms with E-state index in [4.69, 9.17) is 0 Å². The van der Waals surface area contributed by atoms with Crippen molar-refractivity contribution in [2.75, 3.05) is 26.7 Å². The summed E-state index contributed by atoms with van der Waals surface area (Å²) >= 11 is 0. The average molecular weight is 409 g/mol. The van der Waals surface area contributed by atoms with Gasteiger partial charge in [0.1, 0.15) is 0 Å². The highest BCUT2D eigenvalue weighted by molar-refractivity contribution is 5.86. The van der Waals surface area contributed by atoms with Gasteiger partial charge in [-0.1, -0.05) is 42.5 Å². The van der Waals surface area contributed by atoms with Crippen LogP contribution in [0.2, 0.25) is 0 Å². The molecule has 2 aliphatic rings. The number of hydrogen-bond donors (Lipinski definition) is 2. The molecule has 30 heavy (non-hydrogen) atoms. The van der Waals surface area contributed by atoms with E-state index in [-0.39, 0.29) is 18.0 Å². The largest absolute Gasteiger partial charge is 0.353 e. The molecule has 0 radical (unpaired) electrons. The monoisotopic (exact) mass is 408 g/mol. The van der Waals surface area contributed by atoms with Gasteiger partial charge >= 0.3 is 0 Å². The molecule has 2 saturated heterocycles. The maximum atomic E-state index is 13.0. The number of benzene rings is 2. The third kappa shape index (κ3) is 5.02. The fraction of sp³-hybridized carbons (Fsp3) is 0.560. The molecule has 2 atom stereocenters. The van der Waals surface area contributed by atoms with Gasteiger partial charge in [-0.25, -0.2) is 0 Å². The van der Waals surface area contributed by atoms with Crippen LogP contribution in [0.3, 0.4) is 0 Å². The lowest BCUT2D eigenvalue weighted by atomic mass is 10.0. The molecule has 0 unspecified atom stereocenters. The summed E-state index contributed by atoms with van der Waals surface area (Å²) in [6.07, 6.45) is 3.27. The first-order valence-electron chi connectivity index (χ1n) is 11.5. The Kier molecular flexibility index (Phi) is 6.71. The number of likely N-dealkylation sites (tertiary alicyclic amines) is 2. The normalized spacial score (nSPS) is 24.0.